The standard InChI is InChI=1S/C63H59BN2/c1-39(2)43-21-27-54(28-22-43)65-58-35-47(41(5)6)25-31-56(58)64-57-32-26-48(42(7)8)36-59(57)66(55-29-23-44(24-30-55)40(3)4)61-38-53(37-60(65)63(61)64)62(51-19-17-45-13-9-11-15-49(45)33-51)52-20-18-46-14-10-12-16-50(46)34-52/h9-42,62H,1-8H3. The predicted octanol–water partition coefficient (Wildman–Crippen LogP) is 15.7. The first kappa shape index (κ1) is 41.8. The Labute approximate surface area is 392 Å². The largest absolute Gasteiger partial charge is 0.311 e. The van der Waals surface area contributed by atoms with Gasteiger partial charge in [-0.05, 0) is 149 Å². The first-order chi connectivity index (χ1) is 32.0. The zero-order valence-electron chi connectivity index (χ0n) is 39.7. The molecule has 66 heavy (non-hydrogen) atoms. The molecule has 2 heterocycles. The smallest absolute Gasteiger partial charge is 0.252 e. The molecule has 2 aliphatic heterocycles. The van der Waals surface area contributed by atoms with Crippen LogP contribution >= 0.6 is 0 Å². The lowest BCUT2D eigenvalue weighted by Crippen LogP contribution is -2.61. The number of hydrogen-bond donors (Lipinski definition) is 0. The van der Waals surface area contributed by atoms with Crippen molar-refractivity contribution < 1.29 is 0 Å². The van der Waals surface area contributed by atoms with Gasteiger partial charge < -0.3 is 9.80 Å². The highest BCUT2D eigenvalue weighted by atomic mass is 15.2. The summed E-state index contributed by atoms with van der Waals surface area (Å²) >= 11 is 0. The van der Waals surface area contributed by atoms with E-state index in [0.29, 0.717) is 23.7 Å². The Hall–Kier alpha value is -6.84. The number of anilines is 6. The quantitative estimate of drug-likeness (QED) is 0.105. The Kier molecular flexibility index (Phi) is 10.5. The Morgan fingerprint density at radius 2 is 0.652 bits per heavy atom. The number of rotatable bonds is 9. The first-order valence-corrected chi connectivity index (χ1v) is 24.3. The van der Waals surface area contributed by atoms with Crippen LogP contribution in [0.25, 0.3) is 21.5 Å². The van der Waals surface area contributed by atoms with Crippen LogP contribution in [-0.4, -0.2) is 6.71 Å². The molecule has 0 saturated carbocycles. The maximum Gasteiger partial charge on any atom is 0.252 e. The second kappa shape index (κ2) is 16.6. The highest BCUT2D eigenvalue weighted by Gasteiger charge is 2.44. The molecule has 0 bridgehead atoms. The average molecular weight is 855 g/mol. The molecule has 9 aromatic rings. The van der Waals surface area contributed by atoms with Crippen molar-refractivity contribution in [1.29, 1.82) is 0 Å². The Morgan fingerprint density at radius 3 is 1.05 bits per heavy atom. The normalized spacial score (nSPS) is 13.1. The molecule has 324 valence electrons. The third-order valence-corrected chi connectivity index (χ3v) is 14.7. The van der Waals surface area contributed by atoms with Crippen molar-refractivity contribution in [3.63, 3.8) is 0 Å². The van der Waals surface area contributed by atoms with Gasteiger partial charge in [0.25, 0.3) is 6.71 Å². The predicted molar refractivity (Wildman–Crippen MR) is 286 cm³/mol. The zero-order valence-corrected chi connectivity index (χ0v) is 39.7. The van der Waals surface area contributed by atoms with Crippen LogP contribution in [0.1, 0.15) is 124 Å². The summed E-state index contributed by atoms with van der Waals surface area (Å²) < 4.78 is 0. The summed E-state index contributed by atoms with van der Waals surface area (Å²) in [5.41, 5.74) is 20.7. The zero-order chi connectivity index (χ0) is 45.4. The van der Waals surface area contributed by atoms with Crippen molar-refractivity contribution in [1.82, 2.24) is 0 Å². The van der Waals surface area contributed by atoms with E-state index < -0.39 is 0 Å². The Balaban J connectivity index is 1.27. The van der Waals surface area contributed by atoms with E-state index in [2.05, 4.69) is 247 Å². The fourth-order valence-corrected chi connectivity index (χ4v) is 10.9. The van der Waals surface area contributed by atoms with Gasteiger partial charge in [0.1, 0.15) is 0 Å². The summed E-state index contributed by atoms with van der Waals surface area (Å²) in [4.78, 5) is 5.21. The number of fused-ring (bicyclic) bond motifs is 6. The van der Waals surface area contributed by atoms with E-state index in [1.165, 1.54) is 111 Å². The van der Waals surface area contributed by atoms with E-state index in [0.717, 1.165) is 0 Å². The van der Waals surface area contributed by atoms with Gasteiger partial charge in [0.05, 0.1) is 0 Å². The van der Waals surface area contributed by atoms with Crippen molar-refractivity contribution in [2.24, 2.45) is 0 Å². The molecule has 0 unspecified atom stereocenters. The molecule has 3 heteroatoms. The molecule has 0 N–H and O–H groups in total. The SMILES string of the molecule is CC(C)c1ccc(N2c3cc(C(C)C)ccc3B3c4ccc(C(C)C)cc4N(c4ccc(C(C)C)cc4)c4cc(C(c5ccc6ccccc6c5)c5ccc6ccccc6c5)cc2c43)cc1. The molecule has 9 aromatic carbocycles. The average Bonchev–Trinajstić information content (AvgIpc) is 3.33. The van der Waals surface area contributed by atoms with Crippen molar-refractivity contribution in [2.75, 3.05) is 9.80 Å². The summed E-state index contributed by atoms with van der Waals surface area (Å²) in [6.07, 6.45) is 0. The minimum Gasteiger partial charge on any atom is -0.311 e. The molecule has 0 fully saturated rings. The lowest BCUT2D eigenvalue weighted by atomic mass is 9.33. The fourth-order valence-electron chi connectivity index (χ4n) is 10.9. The first-order valence-electron chi connectivity index (χ1n) is 24.3. The second-order valence-electron chi connectivity index (χ2n) is 20.2. The van der Waals surface area contributed by atoms with Gasteiger partial charge in [0.15, 0.2) is 0 Å². The summed E-state index contributed by atoms with van der Waals surface area (Å²) in [5, 5.41) is 5.02. The van der Waals surface area contributed by atoms with Crippen LogP contribution in [0.2, 0.25) is 0 Å². The molecular weight excluding hydrogens is 796 g/mol. The van der Waals surface area contributed by atoms with Crippen LogP contribution < -0.4 is 26.2 Å². The van der Waals surface area contributed by atoms with Crippen LogP contribution in [-0.2, 0) is 0 Å². The van der Waals surface area contributed by atoms with Gasteiger partial charge >= 0.3 is 0 Å². The molecule has 11 rings (SSSR count). The minimum absolute atomic E-state index is 0.0358. The summed E-state index contributed by atoms with van der Waals surface area (Å²) in [7, 11) is 0. The number of benzene rings is 9. The third kappa shape index (κ3) is 7.12. The molecule has 0 amide bonds. The van der Waals surface area contributed by atoms with E-state index >= 15 is 0 Å². The Morgan fingerprint density at radius 1 is 0.303 bits per heavy atom. The van der Waals surface area contributed by atoms with Crippen LogP contribution in [0.15, 0.2) is 182 Å². The fraction of sp³-hybridized carbons (Fsp3) is 0.206. The van der Waals surface area contributed by atoms with Crippen LogP contribution in [0, 0.1) is 0 Å². The van der Waals surface area contributed by atoms with E-state index in [9.17, 15) is 0 Å². The molecule has 0 saturated heterocycles. The summed E-state index contributed by atoms with van der Waals surface area (Å²) in [6.45, 7) is 18.5. The number of hydrogen-bond acceptors (Lipinski definition) is 2. The molecule has 0 aromatic heterocycles. The van der Waals surface area contributed by atoms with Crippen molar-refractivity contribution in [3.05, 3.63) is 221 Å². The van der Waals surface area contributed by atoms with Crippen molar-refractivity contribution >= 4 is 78.8 Å². The monoisotopic (exact) mass is 854 g/mol. The van der Waals surface area contributed by atoms with Gasteiger partial charge in [-0.1, -0.05) is 189 Å². The van der Waals surface area contributed by atoms with Gasteiger partial charge in [-0.25, -0.2) is 0 Å². The van der Waals surface area contributed by atoms with Gasteiger partial charge in [0, 0.05) is 40.0 Å². The number of nitrogens with zero attached hydrogens (tertiary/aromatic N) is 2. The van der Waals surface area contributed by atoms with Crippen LogP contribution in [0.3, 0.4) is 0 Å². The molecule has 2 nitrogen and oxygen atoms in total. The molecule has 2 aliphatic rings. The van der Waals surface area contributed by atoms with Crippen LogP contribution in [0.4, 0.5) is 34.1 Å². The van der Waals surface area contributed by atoms with Gasteiger partial charge in [-0.15, -0.1) is 0 Å². The van der Waals surface area contributed by atoms with E-state index in [1.54, 1.807) is 0 Å². The van der Waals surface area contributed by atoms with Crippen molar-refractivity contribution in [3.8, 4) is 0 Å². The highest BCUT2D eigenvalue weighted by Crippen LogP contribution is 2.48. The molecular formula is C63H59BN2. The molecule has 0 aliphatic carbocycles. The maximum absolute atomic E-state index is 2.61. The van der Waals surface area contributed by atoms with E-state index in [4.69, 9.17) is 0 Å². The lowest BCUT2D eigenvalue weighted by Gasteiger charge is -2.45. The van der Waals surface area contributed by atoms with Crippen LogP contribution in [0.5, 0.6) is 0 Å². The van der Waals surface area contributed by atoms with Gasteiger partial charge in [-0.3, -0.25) is 0 Å². The van der Waals surface area contributed by atoms with Gasteiger partial charge in [-0.2, -0.15) is 0 Å². The summed E-state index contributed by atoms with van der Waals surface area (Å²) in [6, 6.07) is 70.4. The van der Waals surface area contributed by atoms with Gasteiger partial charge in [0.2, 0.25) is 0 Å². The second-order valence-corrected chi connectivity index (χ2v) is 20.2. The highest BCUT2D eigenvalue weighted by molar-refractivity contribution is 7.00. The van der Waals surface area contributed by atoms with Crippen molar-refractivity contribution in [2.45, 2.75) is 85.0 Å². The van der Waals surface area contributed by atoms with E-state index in [-0.39, 0.29) is 12.6 Å². The topological polar surface area (TPSA) is 6.48 Å². The minimum atomic E-state index is -0.0543. The Bertz CT molecular complexity index is 3070. The maximum atomic E-state index is 2.61. The summed E-state index contributed by atoms with van der Waals surface area (Å²) in [5.74, 6) is 1.58. The molecule has 0 spiro atoms. The lowest BCUT2D eigenvalue weighted by molar-refractivity contribution is 0.865. The molecule has 0 atom stereocenters. The molecule has 0 radical (unpaired) electrons. The third-order valence-electron chi connectivity index (χ3n) is 14.7. The van der Waals surface area contributed by atoms with E-state index in [1.807, 2.05) is 0 Å².